The van der Waals surface area contributed by atoms with Crippen molar-refractivity contribution in [2.24, 2.45) is 11.8 Å². The molecule has 1 aliphatic carbocycles. The van der Waals surface area contributed by atoms with Gasteiger partial charge in [-0.1, -0.05) is 15.9 Å². The largest absolute Gasteiger partial charge is 0.355 e. The zero-order valence-corrected chi connectivity index (χ0v) is 11.4. The Kier molecular flexibility index (Phi) is 3.59. The van der Waals surface area contributed by atoms with E-state index in [9.17, 15) is 13.2 Å². The second-order valence-corrected chi connectivity index (χ2v) is 8.10. The van der Waals surface area contributed by atoms with Crippen LogP contribution in [0, 0.1) is 11.8 Å². The van der Waals surface area contributed by atoms with Crippen molar-refractivity contribution in [2.45, 2.75) is 24.1 Å². The Hall–Kier alpha value is -0.100. The highest BCUT2D eigenvalue weighted by atomic mass is 79.9. The van der Waals surface area contributed by atoms with Crippen LogP contribution in [0.1, 0.15) is 19.3 Å². The SMILES string of the molecule is O=C(NCC(Br)C1CC1)C1CCS(=O)(=O)C1. The molecule has 0 spiro atoms. The lowest BCUT2D eigenvalue weighted by atomic mass is 10.1. The Morgan fingerprint density at radius 1 is 1.38 bits per heavy atom. The molecular weight excluding hydrogens is 294 g/mol. The molecule has 1 amide bonds. The smallest absolute Gasteiger partial charge is 0.224 e. The standard InChI is InChI=1S/C10H16BrNO3S/c11-9(7-1-2-7)5-12-10(13)8-3-4-16(14,15)6-8/h7-9H,1-6H2,(H,12,13). The second kappa shape index (κ2) is 4.64. The van der Waals surface area contributed by atoms with E-state index in [0.29, 0.717) is 23.7 Å². The third-order valence-electron chi connectivity index (χ3n) is 3.21. The third-order valence-corrected chi connectivity index (χ3v) is 6.05. The lowest BCUT2D eigenvalue weighted by molar-refractivity contribution is -0.124. The summed E-state index contributed by atoms with van der Waals surface area (Å²) in [5, 5.41) is 2.83. The molecule has 1 heterocycles. The minimum atomic E-state index is -2.96. The van der Waals surface area contributed by atoms with Crippen molar-refractivity contribution in [3.63, 3.8) is 0 Å². The summed E-state index contributed by atoms with van der Waals surface area (Å²) in [5.74, 6) is 0.434. The van der Waals surface area contributed by atoms with E-state index in [1.165, 1.54) is 12.8 Å². The van der Waals surface area contributed by atoms with Gasteiger partial charge in [-0.25, -0.2) is 8.42 Å². The van der Waals surface area contributed by atoms with E-state index in [4.69, 9.17) is 0 Å². The Morgan fingerprint density at radius 2 is 2.06 bits per heavy atom. The summed E-state index contributed by atoms with van der Waals surface area (Å²) in [5.41, 5.74) is 0. The zero-order chi connectivity index (χ0) is 11.8. The first kappa shape index (κ1) is 12.4. The molecule has 0 bridgehead atoms. The average molecular weight is 310 g/mol. The first-order valence-corrected chi connectivity index (χ1v) is 8.34. The van der Waals surface area contributed by atoms with Gasteiger partial charge in [0.2, 0.25) is 5.91 Å². The summed E-state index contributed by atoms with van der Waals surface area (Å²) in [7, 11) is -2.96. The molecule has 92 valence electrons. The number of amides is 1. The zero-order valence-electron chi connectivity index (χ0n) is 8.99. The van der Waals surface area contributed by atoms with Gasteiger partial charge in [0.15, 0.2) is 9.84 Å². The molecule has 2 fully saturated rings. The molecule has 6 heteroatoms. The fourth-order valence-corrected chi connectivity index (χ4v) is 4.40. The highest BCUT2D eigenvalue weighted by molar-refractivity contribution is 9.09. The van der Waals surface area contributed by atoms with E-state index < -0.39 is 9.84 Å². The normalized spacial score (nSPS) is 29.9. The number of rotatable bonds is 4. The van der Waals surface area contributed by atoms with E-state index in [0.717, 1.165) is 0 Å². The van der Waals surface area contributed by atoms with Crippen LogP contribution in [-0.4, -0.2) is 37.2 Å². The minimum Gasteiger partial charge on any atom is -0.355 e. The molecule has 1 saturated carbocycles. The van der Waals surface area contributed by atoms with Gasteiger partial charge in [0.1, 0.15) is 0 Å². The van der Waals surface area contributed by atoms with Gasteiger partial charge in [0, 0.05) is 11.4 Å². The van der Waals surface area contributed by atoms with Crippen LogP contribution in [0.2, 0.25) is 0 Å². The molecule has 16 heavy (non-hydrogen) atoms. The molecular formula is C10H16BrNO3S. The van der Waals surface area contributed by atoms with Crippen molar-refractivity contribution in [1.29, 1.82) is 0 Å². The predicted molar refractivity (Wildman–Crippen MR) is 65.2 cm³/mol. The quantitative estimate of drug-likeness (QED) is 0.778. The lowest BCUT2D eigenvalue weighted by Gasteiger charge is -2.12. The molecule has 2 aliphatic rings. The van der Waals surface area contributed by atoms with Crippen LogP contribution in [0.25, 0.3) is 0 Å². The minimum absolute atomic E-state index is 0.0230. The molecule has 1 aliphatic heterocycles. The van der Waals surface area contributed by atoms with Gasteiger partial charge in [-0.2, -0.15) is 0 Å². The van der Waals surface area contributed by atoms with Crippen molar-refractivity contribution in [2.75, 3.05) is 18.1 Å². The van der Waals surface area contributed by atoms with E-state index in [2.05, 4.69) is 21.2 Å². The average Bonchev–Trinajstić information content (AvgIpc) is 2.99. The monoisotopic (exact) mass is 309 g/mol. The van der Waals surface area contributed by atoms with E-state index >= 15 is 0 Å². The Balaban J connectivity index is 1.75. The van der Waals surface area contributed by atoms with Crippen LogP contribution < -0.4 is 5.32 Å². The Labute approximate surface area is 104 Å². The van der Waals surface area contributed by atoms with Gasteiger partial charge < -0.3 is 5.32 Å². The van der Waals surface area contributed by atoms with Crippen molar-refractivity contribution >= 4 is 31.7 Å². The van der Waals surface area contributed by atoms with Gasteiger partial charge in [-0.3, -0.25) is 4.79 Å². The number of carbonyl (C=O) groups is 1. The first-order chi connectivity index (χ1) is 7.48. The number of nitrogens with one attached hydrogen (secondary N) is 1. The molecule has 1 N–H and O–H groups in total. The summed E-state index contributed by atoms with van der Waals surface area (Å²) >= 11 is 3.53. The summed E-state index contributed by atoms with van der Waals surface area (Å²) in [4.78, 5) is 12.0. The van der Waals surface area contributed by atoms with Crippen molar-refractivity contribution in [3.05, 3.63) is 0 Å². The van der Waals surface area contributed by atoms with E-state index in [1.54, 1.807) is 0 Å². The molecule has 2 rings (SSSR count). The number of carbonyl (C=O) groups excluding carboxylic acids is 1. The summed E-state index contributed by atoms with van der Waals surface area (Å²) in [6, 6.07) is 0. The van der Waals surface area contributed by atoms with Crippen LogP contribution in [0.5, 0.6) is 0 Å². The maximum absolute atomic E-state index is 11.7. The molecule has 4 nitrogen and oxygen atoms in total. The van der Waals surface area contributed by atoms with Gasteiger partial charge in [-0.05, 0) is 25.2 Å². The first-order valence-electron chi connectivity index (χ1n) is 5.60. The Morgan fingerprint density at radius 3 is 2.56 bits per heavy atom. The van der Waals surface area contributed by atoms with Crippen LogP contribution in [0.15, 0.2) is 0 Å². The summed E-state index contributed by atoms with van der Waals surface area (Å²) < 4.78 is 22.4. The van der Waals surface area contributed by atoms with Gasteiger partial charge in [-0.15, -0.1) is 0 Å². The van der Waals surface area contributed by atoms with Crippen LogP contribution in [0.4, 0.5) is 0 Å². The van der Waals surface area contributed by atoms with Gasteiger partial charge >= 0.3 is 0 Å². The van der Waals surface area contributed by atoms with Crippen molar-refractivity contribution in [3.8, 4) is 0 Å². The maximum Gasteiger partial charge on any atom is 0.224 e. The summed E-state index contributed by atoms with van der Waals surface area (Å²) in [6.07, 6.45) is 2.93. The molecule has 0 aromatic carbocycles. The summed E-state index contributed by atoms with van der Waals surface area (Å²) in [6.45, 7) is 0.611. The molecule has 2 unspecified atom stereocenters. The molecule has 1 saturated heterocycles. The van der Waals surface area contributed by atoms with Gasteiger partial charge in [0.25, 0.3) is 0 Å². The van der Waals surface area contributed by atoms with Gasteiger partial charge in [0.05, 0.1) is 17.4 Å². The Bertz CT molecular complexity index is 378. The van der Waals surface area contributed by atoms with Crippen molar-refractivity contribution < 1.29 is 13.2 Å². The topological polar surface area (TPSA) is 63.2 Å². The number of hydrogen-bond acceptors (Lipinski definition) is 3. The highest BCUT2D eigenvalue weighted by Gasteiger charge is 2.34. The molecule has 0 aromatic heterocycles. The number of sulfone groups is 1. The van der Waals surface area contributed by atoms with E-state index in [1.807, 2.05) is 0 Å². The fraction of sp³-hybridized carbons (Fsp3) is 0.900. The number of alkyl halides is 1. The lowest BCUT2D eigenvalue weighted by Crippen LogP contribution is -2.35. The molecule has 0 radical (unpaired) electrons. The highest BCUT2D eigenvalue weighted by Crippen LogP contribution is 2.36. The van der Waals surface area contributed by atoms with Crippen molar-refractivity contribution in [1.82, 2.24) is 5.32 Å². The predicted octanol–water partition coefficient (Wildman–Crippen LogP) is 0.711. The second-order valence-electron chi connectivity index (χ2n) is 4.70. The maximum atomic E-state index is 11.7. The fourth-order valence-electron chi connectivity index (χ4n) is 1.97. The van der Waals surface area contributed by atoms with Crippen LogP contribution in [0.3, 0.4) is 0 Å². The third kappa shape index (κ3) is 3.20. The van der Waals surface area contributed by atoms with Crippen LogP contribution >= 0.6 is 15.9 Å². The van der Waals surface area contributed by atoms with Crippen LogP contribution in [-0.2, 0) is 14.6 Å². The number of hydrogen-bond donors (Lipinski definition) is 1. The number of halogens is 1. The molecule has 0 aromatic rings. The van der Waals surface area contributed by atoms with E-state index in [-0.39, 0.29) is 23.3 Å². The molecule has 2 atom stereocenters.